The van der Waals surface area contributed by atoms with Crippen LogP contribution in [0.2, 0.25) is 5.02 Å². The topological polar surface area (TPSA) is 21.3 Å². The Labute approximate surface area is 123 Å². The molecule has 0 bridgehead atoms. The first kappa shape index (κ1) is 14.8. The number of hydrogen-bond acceptors (Lipinski definition) is 2. The molecule has 0 radical (unpaired) electrons. The van der Waals surface area contributed by atoms with Gasteiger partial charge in [0, 0.05) is 12.6 Å². The molecule has 0 saturated heterocycles. The predicted octanol–water partition coefficient (Wildman–Crippen LogP) is 4.69. The first-order chi connectivity index (χ1) is 9.60. The Bertz CT molecular complexity index is 601. The molecule has 0 aliphatic rings. The molecule has 1 N–H and O–H groups in total. The van der Waals surface area contributed by atoms with Crippen molar-refractivity contribution in [2.24, 2.45) is 0 Å². The maximum absolute atomic E-state index is 13.1. The second-order valence-electron chi connectivity index (χ2n) is 4.56. The van der Waals surface area contributed by atoms with E-state index in [1.165, 1.54) is 17.7 Å². The van der Waals surface area contributed by atoms with Gasteiger partial charge in [-0.3, -0.25) is 0 Å². The van der Waals surface area contributed by atoms with Crippen molar-refractivity contribution in [2.75, 3.05) is 6.54 Å². The van der Waals surface area contributed by atoms with Gasteiger partial charge in [0.1, 0.15) is 17.3 Å². The fourth-order valence-electron chi connectivity index (χ4n) is 1.87. The van der Waals surface area contributed by atoms with Crippen LogP contribution in [0.1, 0.15) is 18.1 Å². The number of nitrogens with one attached hydrogen (secondary N) is 1. The van der Waals surface area contributed by atoms with E-state index in [1.807, 2.05) is 19.1 Å². The predicted molar refractivity (Wildman–Crippen MR) is 80.0 cm³/mol. The summed E-state index contributed by atoms with van der Waals surface area (Å²) in [6.07, 6.45) is 0. The molecule has 0 aromatic heterocycles. The van der Waals surface area contributed by atoms with Crippen LogP contribution in [0.4, 0.5) is 4.39 Å². The van der Waals surface area contributed by atoms with Crippen molar-refractivity contribution in [3.63, 3.8) is 0 Å². The van der Waals surface area contributed by atoms with Gasteiger partial charge in [-0.25, -0.2) is 4.39 Å². The molecule has 0 saturated carbocycles. The lowest BCUT2D eigenvalue weighted by Crippen LogP contribution is -2.11. The lowest BCUT2D eigenvalue weighted by Gasteiger charge is -2.11. The fraction of sp³-hybridized carbons (Fsp3) is 0.250. The number of ether oxygens (including phenoxy) is 1. The van der Waals surface area contributed by atoms with Gasteiger partial charge >= 0.3 is 0 Å². The van der Waals surface area contributed by atoms with Crippen LogP contribution in [0.15, 0.2) is 36.4 Å². The first-order valence-electron chi connectivity index (χ1n) is 6.53. The molecule has 20 heavy (non-hydrogen) atoms. The molecule has 2 nitrogen and oxygen atoms in total. The van der Waals surface area contributed by atoms with E-state index in [0.717, 1.165) is 24.4 Å². The van der Waals surface area contributed by atoms with Crippen LogP contribution < -0.4 is 10.1 Å². The van der Waals surface area contributed by atoms with E-state index in [4.69, 9.17) is 16.3 Å². The Balaban J connectivity index is 2.14. The Morgan fingerprint density at radius 3 is 2.65 bits per heavy atom. The van der Waals surface area contributed by atoms with Crippen molar-refractivity contribution in [2.45, 2.75) is 20.4 Å². The van der Waals surface area contributed by atoms with E-state index >= 15 is 0 Å². The van der Waals surface area contributed by atoms with Gasteiger partial charge in [-0.05, 0) is 42.8 Å². The highest BCUT2D eigenvalue weighted by Crippen LogP contribution is 2.28. The highest BCUT2D eigenvalue weighted by Gasteiger charge is 2.05. The van der Waals surface area contributed by atoms with Crippen molar-refractivity contribution in [3.05, 3.63) is 58.4 Å². The van der Waals surface area contributed by atoms with Gasteiger partial charge in [0.15, 0.2) is 0 Å². The zero-order valence-electron chi connectivity index (χ0n) is 11.5. The second kappa shape index (κ2) is 6.73. The van der Waals surface area contributed by atoms with E-state index in [0.29, 0.717) is 5.75 Å². The molecule has 2 aromatic carbocycles. The molecule has 0 amide bonds. The minimum absolute atomic E-state index is 0.0592. The summed E-state index contributed by atoms with van der Waals surface area (Å²) in [6.45, 7) is 5.82. The van der Waals surface area contributed by atoms with Crippen LogP contribution in [-0.4, -0.2) is 6.54 Å². The van der Waals surface area contributed by atoms with E-state index in [2.05, 4.69) is 18.3 Å². The smallest absolute Gasteiger partial charge is 0.142 e. The monoisotopic (exact) mass is 293 g/mol. The summed E-state index contributed by atoms with van der Waals surface area (Å²) in [5.74, 6) is 0.823. The minimum Gasteiger partial charge on any atom is -0.457 e. The standard InChI is InChI=1S/C16H17ClFNO/c1-3-19-10-12-4-7-16(11(2)8-12)20-13-5-6-15(18)14(17)9-13/h4-9,19H,3,10H2,1-2H3. The highest BCUT2D eigenvalue weighted by molar-refractivity contribution is 6.30. The summed E-state index contributed by atoms with van der Waals surface area (Å²) >= 11 is 5.74. The number of halogens is 2. The van der Waals surface area contributed by atoms with Crippen molar-refractivity contribution >= 4 is 11.6 Å². The molecule has 0 spiro atoms. The largest absolute Gasteiger partial charge is 0.457 e. The van der Waals surface area contributed by atoms with Crippen LogP contribution >= 0.6 is 11.6 Å². The lowest BCUT2D eigenvalue weighted by atomic mass is 10.1. The molecule has 4 heteroatoms. The molecule has 0 aliphatic heterocycles. The number of aryl methyl sites for hydroxylation is 1. The fourth-order valence-corrected chi connectivity index (χ4v) is 2.04. The first-order valence-corrected chi connectivity index (χ1v) is 6.91. The molecule has 2 rings (SSSR count). The SMILES string of the molecule is CCNCc1ccc(Oc2ccc(F)c(Cl)c2)c(C)c1. The highest BCUT2D eigenvalue weighted by atomic mass is 35.5. The van der Waals surface area contributed by atoms with Gasteiger partial charge in [0.25, 0.3) is 0 Å². The van der Waals surface area contributed by atoms with Crippen molar-refractivity contribution in [1.82, 2.24) is 5.32 Å². The molecular weight excluding hydrogens is 277 g/mol. The van der Waals surface area contributed by atoms with Gasteiger partial charge in [-0.2, -0.15) is 0 Å². The maximum atomic E-state index is 13.1. The van der Waals surface area contributed by atoms with Crippen LogP contribution in [0.25, 0.3) is 0 Å². The molecule has 106 valence electrons. The third kappa shape index (κ3) is 3.71. The van der Waals surface area contributed by atoms with E-state index in [1.54, 1.807) is 6.07 Å². The molecule has 2 aromatic rings. The average Bonchev–Trinajstić information content (AvgIpc) is 2.43. The van der Waals surface area contributed by atoms with Crippen molar-refractivity contribution in [1.29, 1.82) is 0 Å². The summed E-state index contributed by atoms with van der Waals surface area (Å²) in [6, 6.07) is 10.3. The molecule has 0 aliphatic carbocycles. The lowest BCUT2D eigenvalue weighted by molar-refractivity contribution is 0.476. The Kier molecular flexibility index (Phi) is 4.99. The van der Waals surface area contributed by atoms with Gasteiger partial charge in [0.2, 0.25) is 0 Å². The van der Waals surface area contributed by atoms with Crippen LogP contribution in [-0.2, 0) is 6.54 Å². The van der Waals surface area contributed by atoms with E-state index in [9.17, 15) is 4.39 Å². The van der Waals surface area contributed by atoms with Crippen LogP contribution in [0.5, 0.6) is 11.5 Å². The van der Waals surface area contributed by atoms with Gasteiger partial charge in [-0.1, -0.05) is 30.7 Å². The zero-order valence-corrected chi connectivity index (χ0v) is 12.3. The van der Waals surface area contributed by atoms with Crippen molar-refractivity contribution < 1.29 is 9.13 Å². The Morgan fingerprint density at radius 2 is 2.00 bits per heavy atom. The quantitative estimate of drug-likeness (QED) is 0.863. The molecule has 0 unspecified atom stereocenters. The van der Waals surface area contributed by atoms with E-state index < -0.39 is 5.82 Å². The number of hydrogen-bond donors (Lipinski definition) is 1. The molecule has 0 atom stereocenters. The molecule has 0 fully saturated rings. The average molecular weight is 294 g/mol. The van der Waals surface area contributed by atoms with E-state index in [-0.39, 0.29) is 5.02 Å². The summed E-state index contributed by atoms with van der Waals surface area (Å²) in [5, 5.41) is 3.33. The van der Waals surface area contributed by atoms with Crippen molar-refractivity contribution in [3.8, 4) is 11.5 Å². The summed E-state index contributed by atoms with van der Waals surface area (Å²) in [7, 11) is 0. The maximum Gasteiger partial charge on any atom is 0.142 e. The summed E-state index contributed by atoms with van der Waals surface area (Å²) in [5.41, 5.74) is 2.23. The Morgan fingerprint density at radius 1 is 1.20 bits per heavy atom. The zero-order chi connectivity index (χ0) is 14.5. The minimum atomic E-state index is -0.447. The summed E-state index contributed by atoms with van der Waals surface area (Å²) < 4.78 is 18.8. The van der Waals surface area contributed by atoms with Crippen LogP contribution in [0.3, 0.4) is 0 Å². The van der Waals surface area contributed by atoms with Crippen LogP contribution in [0, 0.1) is 12.7 Å². The molecular formula is C16H17ClFNO. The Hall–Kier alpha value is -1.58. The number of benzene rings is 2. The third-order valence-electron chi connectivity index (χ3n) is 2.94. The molecule has 0 heterocycles. The van der Waals surface area contributed by atoms with Gasteiger partial charge in [-0.15, -0.1) is 0 Å². The summed E-state index contributed by atoms with van der Waals surface area (Å²) in [4.78, 5) is 0. The third-order valence-corrected chi connectivity index (χ3v) is 3.23. The van der Waals surface area contributed by atoms with Gasteiger partial charge in [0.05, 0.1) is 5.02 Å². The second-order valence-corrected chi connectivity index (χ2v) is 4.97. The normalized spacial score (nSPS) is 10.6. The van der Waals surface area contributed by atoms with Gasteiger partial charge < -0.3 is 10.1 Å². The number of rotatable bonds is 5.